The van der Waals surface area contributed by atoms with Crippen LogP contribution < -0.4 is 10.1 Å². The van der Waals surface area contributed by atoms with Crippen molar-refractivity contribution in [2.24, 2.45) is 0 Å². The lowest BCUT2D eigenvalue weighted by atomic mass is 10.2. The summed E-state index contributed by atoms with van der Waals surface area (Å²) in [5.74, 6) is -1.32. The molecule has 2 N–H and O–H groups in total. The van der Waals surface area contributed by atoms with Gasteiger partial charge in [0.1, 0.15) is 5.75 Å². The van der Waals surface area contributed by atoms with Gasteiger partial charge in [0.05, 0.1) is 29.7 Å². The number of carboxylic acids is 1. The molecule has 1 fully saturated rings. The van der Waals surface area contributed by atoms with Crippen molar-refractivity contribution in [3.8, 4) is 5.75 Å². The Morgan fingerprint density at radius 3 is 2.62 bits per heavy atom. The van der Waals surface area contributed by atoms with Gasteiger partial charge in [-0.1, -0.05) is 0 Å². The molecule has 0 bridgehead atoms. The summed E-state index contributed by atoms with van der Waals surface area (Å²) >= 11 is 0. The number of nitrogens with zero attached hydrogens (tertiary/aromatic N) is 1. The van der Waals surface area contributed by atoms with Crippen molar-refractivity contribution in [2.75, 3.05) is 24.2 Å². The molecule has 1 aliphatic rings. The molecule has 0 atom stereocenters. The molecular formula is C15H20N2O6S. The summed E-state index contributed by atoms with van der Waals surface area (Å²) in [4.78, 5) is 23.3. The largest absolute Gasteiger partial charge is 0.489 e. The number of carbonyl (C=O) groups excluding carboxylic acids is 1. The van der Waals surface area contributed by atoms with Gasteiger partial charge in [0.15, 0.2) is 0 Å². The predicted molar refractivity (Wildman–Crippen MR) is 87.8 cm³/mol. The number of carbonyl (C=O) groups is 2. The molecule has 9 heteroatoms. The van der Waals surface area contributed by atoms with Crippen molar-refractivity contribution in [3.63, 3.8) is 0 Å². The molecule has 24 heavy (non-hydrogen) atoms. The maximum atomic E-state index is 12.2. The number of anilines is 1. The van der Waals surface area contributed by atoms with Crippen LogP contribution in [0, 0.1) is 0 Å². The van der Waals surface area contributed by atoms with Gasteiger partial charge in [-0.3, -0.25) is 4.79 Å². The highest BCUT2D eigenvalue weighted by Gasteiger charge is 2.30. The molecule has 0 saturated carbocycles. The van der Waals surface area contributed by atoms with Crippen LogP contribution in [0.1, 0.15) is 30.6 Å². The van der Waals surface area contributed by atoms with E-state index in [0.717, 1.165) is 4.31 Å². The first-order valence-electron chi connectivity index (χ1n) is 7.51. The van der Waals surface area contributed by atoms with Gasteiger partial charge in [-0.15, -0.1) is 0 Å². The molecule has 1 amide bonds. The fourth-order valence-corrected chi connectivity index (χ4v) is 3.81. The molecule has 1 aliphatic heterocycles. The zero-order valence-electron chi connectivity index (χ0n) is 13.5. The lowest BCUT2D eigenvalue weighted by Gasteiger charge is -2.17. The van der Waals surface area contributed by atoms with E-state index in [2.05, 4.69) is 5.32 Å². The average Bonchev–Trinajstić information content (AvgIpc) is 2.79. The number of rotatable bonds is 6. The summed E-state index contributed by atoms with van der Waals surface area (Å²) in [6, 6.07) is 4.13. The number of amides is 1. The van der Waals surface area contributed by atoms with E-state index >= 15 is 0 Å². The smallest absolute Gasteiger partial charge is 0.335 e. The van der Waals surface area contributed by atoms with Gasteiger partial charge in [0.25, 0.3) is 0 Å². The highest BCUT2D eigenvalue weighted by molar-refractivity contribution is 7.89. The van der Waals surface area contributed by atoms with Crippen LogP contribution in [-0.2, 0) is 14.8 Å². The van der Waals surface area contributed by atoms with E-state index in [4.69, 9.17) is 9.84 Å². The molecule has 2 rings (SSSR count). The zero-order chi connectivity index (χ0) is 17.9. The SMILES string of the molecule is CC(C)Oc1ccc(C(=O)O)cc1NC(=O)CN1CCCS1(=O)=O. The van der Waals surface area contributed by atoms with Crippen molar-refractivity contribution >= 4 is 27.6 Å². The maximum Gasteiger partial charge on any atom is 0.335 e. The normalized spacial score (nSPS) is 17.0. The second-order valence-corrected chi connectivity index (χ2v) is 7.82. The van der Waals surface area contributed by atoms with Gasteiger partial charge in [0, 0.05) is 6.54 Å². The molecule has 0 spiro atoms. The Hall–Kier alpha value is -2.13. The summed E-state index contributed by atoms with van der Waals surface area (Å²) in [6.45, 7) is 3.60. The minimum Gasteiger partial charge on any atom is -0.489 e. The Morgan fingerprint density at radius 2 is 2.08 bits per heavy atom. The lowest BCUT2D eigenvalue weighted by Crippen LogP contribution is -2.34. The van der Waals surface area contributed by atoms with Crippen LogP contribution in [0.15, 0.2) is 18.2 Å². The summed E-state index contributed by atoms with van der Waals surface area (Å²) in [7, 11) is -3.38. The second kappa shape index (κ2) is 7.18. The summed E-state index contributed by atoms with van der Waals surface area (Å²) in [5.41, 5.74) is 0.195. The molecule has 1 saturated heterocycles. The fraction of sp³-hybridized carbons (Fsp3) is 0.467. The van der Waals surface area contributed by atoms with E-state index in [-0.39, 0.29) is 29.7 Å². The number of hydrogen-bond donors (Lipinski definition) is 2. The molecule has 1 aromatic carbocycles. The van der Waals surface area contributed by atoms with Gasteiger partial charge in [0.2, 0.25) is 15.9 Å². The zero-order valence-corrected chi connectivity index (χ0v) is 14.3. The molecule has 8 nitrogen and oxygen atoms in total. The fourth-order valence-electron chi connectivity index (χ4n) is 2.34. The Morgan fingerprint density at radius 1 is 1.38 bits per heavy atom. The first-order chi connectivity index (χ1) is 11.2. The predicted octanol–water partition coefficient (Wildman–Crippen LogP) is 1.15. The second-order valence-electron chi connectivity index (χ2n) is 5.73. The monoisotopic (exact) mass is 356 g/mol. The van der Waals surface area contributed by atoms with Crippen LogP contribution in [0.3, 0.4) is 0 Å². The van der Waals surface area contributed by atoms with Crippen molar-refractivity contribution < 1.29 is 27.9 Å². The van der Waals surface area contributed by atoms with E-state index in [1.807, 2.05) is 0 Å². The van der Waals surface area contributed by atoms with Crippen LogP contribution in [0.2, 0.25) is 0 Å². The first-order valence-corrected chi connectivity index (χ1v) is 9.11. The quantitative estimate of drug-likeness (QED) is 0.790. The van der Waals surface area contributed by atoms with Crippen molar-refractivity contribution in [1.29, 1.82) is 0 Å². The Bertz CT molecular complexity index is 744. The van der Waals surface area contributed by atoms with E-state index < -0.39 is 21.9 Å². The number of nitrogens with one attached hydrogen (secondary N) is 1. The first kappa shape index (κ1) is 18.2. The molecule has 1 aromatic rings. The summed E-state index contributed by atoms with van der Waals surface area (Å²) < 4.78 is 30.2. The molecule has 0 aromatic heterocycles. The Balaban J connectivity index is 2.18. The highest BCUT2D eigenvalue weighted by atomic mass is 32.2. The summed E-state index contributed by atoms with van der Waals surface area (Å²) in [5, 5.41) is 11.6. The van der Waals surface area contributed by atoms with Crippen molar-refractivity contribution in [1.82, 2.24) is 4.31 Å². The Labute approximate surface area is 140 Å². The van der Waals surface area contributed by atoms with Crippen molar-refractivity contribution in [2.45, 2.75) is 26.4 Å². The third-order valence-electron chi connectivity index (χ3n) is 3.39. The van der Waals surface area contributed by atoms with Crippen LogP contribution >= 0.6 is 0 Å². The number of sulfonamides is 1. The molecule has 1 heterocycles. The van der Waals surface area contributed by atoms with Crippen molar-refractivity contribution in [3.05, 3.63) is 23.8 Å². The van der Waals surface area contributed by atoms with E-state index in [1.165, 1.54) is 18.2 Å². The van der Waals surface area contributed by atoms with Gasteiger partial charge in [-0.25, -0.2) is 13.2 Å². The number of carboxylic acid groups (broad SMARTS) is 1. The highest BCUT2D eigenvalue weighted by Crippen LogP contribution is 2.27. The Kier molecular flexibility index (Phi) is 5.45. The van der Waals surface area contributed by atoms with Gasteiger partial charge >= 0.3 is 5.97 Å². The van der Waals surface area contributed by atoms with E-state index in [1.54, 1.807) is 13.8 Å². The lowest BCUT2D eigenvalue weighted by molar-refractivity contribution is -0.116. The third kappa shape index (κ3) is 4.45. The molecule has 0 radical (unpaired) electrons. The van der Waals surface area contributed by atoms with E-state index in [9.17, 15) is 18.0 Å². The number of hydrogen-bond acceptors (Lipinski definition) is 5. The minimum absolute atomic E-state index is 0.00444. The van der Waals surface area contributed by atoms with Crippen LogP contribution in [0.5, 0.6) is 5.75 Å². The number of ether oxygens (including phenoxy) is 1. The molecule has 0 unspecified atom stereocenters. The maximum absolute atomic E-state index is 12.2. The van der Waals surface area contributed by atoms with E-state index in [0.29, 0.717) is 18.7 Å². The molecular weight excluding hydrogens is 336 g/mol. The summed E-state index contributed by atoms with van der Waals surface area (Å²) in [6.07, 6.45) is 0.321. The number of benzene rings is 1. The van der Waals surface area contributed by atoms with Gasteiger partial charge in [-0.05, 0) is 38.5 Å². The third-order valence-corrected chi connectivity index (χ3v) is 5.29. The standard InChI is InChI=1S/C15H20N2O6S/c1-10(2)23-13-5-4-11(15(19)20)8-12(13)16-14(18)9-17-6-3-7-24(17,21)22/h4-5,8,10H,3,6-7,9H2,1-2H3,(H,16,18)(H,19,20). The number of aromatic carboxylic acids is 1. The topological polar surface area (TPSA) is 113 Å². The van der Waals surface area contributed by atoms with Crippen LogP contribution in [0.25, 0.3) is 0 Å². The average molecular weight is 356 g/mol. The van der Waals surface area contributed by atoms with Crippen LogP contribution in [0.4, 0.5) is 5.69 Å². The minimum atomic E-state index is -3.38. The van der Waals surface area contributed by atoms with Gasteiger partial charge < -0.3 is 15.2 Å². The van der Waals surface area contributed by atoms with Crippen LogP contribution in [-0.4, -0.2) is 54.7 Å². The molecule has 0 aliphatic carbocycles. The van der Waals surface area contributed by atoms with Gasteiger partial charge in [-0.2, -0.15) is 4.31 Å². The molecule has 132 valence electrons.